The Morgan fingerprint density at radius 2 is 1.95 bits per heavy atom. The molecule has 0 aliphatic rings. The van der Waals surface area contributed by atoms with E-state index in [0.29, 0.717) is 0 Å². The first kappa shape index (κ1) is 15.7. The fourth-order valence-corrected chi connectivity index (χ4v) is 4.31. The molecule has 0 aliphatic heterocycles. The highest BCUT2D eigenvalue weighted by Crippen LogP contribution is 2.40. The van der Waals surface area contributed by atoms with Gasteiger partial charge in [0.15, 0.2) is 9.96 Å². The maximum absolute atomic E-state index is 12.2. The van der Waals surface area contributed by atoms with Crippen LogP contribution in [0.2, 0.25) is 0 Å². The van der Waals surface area contributed by atoms with E-state index in [2.05, 4.69) is 5.32 Å². The van der Waals surface area contributed by atoms with Crippen LogP contribution in [0.4, 0.5) is 11.4 Å². The number of hydrogen-bond donors (Lipinski definition) is 2. The van der Waals surface area contributed by atoms with Crippen LogP contribution >= 0.6 is 11.3 Å². The lowest BCUT2D eigenvalue weighted by Crippen LogP contribution is -2.35. The first-order valence-electron chi connectivity index (χ1n) is 6.05. The van der Waals surface area contributed by atoms with Crippen molar-refractivity contribution in [1.82, 2.24) is 4.31 Å². The van der Waals surface area contributed by atoms with Crippen molar-refractivity contribution in [1.29, 1.82) is 0 Å². The Morgan fingerprint density at radius 3 is 2.48 bits per heavy atom. The van der Waals surface area contributed by atoms with Gasteiger partial charge in [-0.2, -0.15) is 0 Å². The molecule has 2 aromatic rings. The Morgan fingerprint density at radius 1 is 1.33 bits per heavy atom. The lowest BCUT2D eigenvalue weighted by Gasteiger charge is -2.14. The summed E-state index contributed by atoms with van der Waals surface area (Å²) in [5, 5.41) is 14.0. The quantitative estimate of drug-likeness (QED) is 0.784. The molecule has 2 rings (SSSR count). The average molecular weight is 330 g/mol. The zero-order valence-corrected chi connectivity index (χ0v) is 13.3. The minimum Gasteiger partial charge on any atom is -0.504 e. The van der Waals surface area contributed by atoms with E-state index in [-0.39, 0.29) is 27.7 Å². The molecule has 1 aromatic carbocycles. The van der Waals surface area contributed by atoms with Crippen LogP contribution in [0.3, 0.4) is 0 Å². The Hall–Kier alpha value is -1.71. The highest BCUT2D eigenvalue weighted by Gasteiger charge is 2.28. The maximum Gasteiger partial charge on any atom is 0.256 e. The van der Waals surface area contributed by atoms with Crippen LogP contribution in [0.1, 0.15) is 12.5 Å². The van der Waals surface area contributed by atoms with Gasteiger partial charge in [-0.3, -0.25) is 9.59 Å². The fourth-order valence-electron chi connectivity index (χ4n) is 1.71. The smallest absolute Gasteiger partial charge is 0.256 e. The van der Waals surface area contributed by atoms with Crippen LogP contribution in [0.15, 0.2) is 19.2 Å². The van der Waals surface area contributed by atoms with Gasteiger partial charge in [0, 0.05) is 24.5 Å². The number of nitrogens with one attached hydrogen (secondary N) is 1. The van der Waals surface area contributed by atoms with E-state index < -0.39 is 26.6 Å². The van der Waals surface area contributed by atoms with Crippen LogP contribution < -0.4 is 16.2 Å². The molecule has 0 aliphatic carbocycles. The third-order valence-electron chi connectivity index (χ3n) is 3.23. The molecule has 1 aromatic heterocycles. The van der Waals surface area contributed by atoms with Crippen LogP contribution in [0.5, 0.6) is 5.75 Å². The van der Waals surface area contributed by atoms with Crippen LogP contribution in [0, 0.1) is 6.92 Å². The van der Waals surface area contributed by atoms with Gasteiger partial charge in [-0.1, -0.05) is 6.92 Å². The van der Waals surface area contributed by atoms with E-state index in [9.17, 15) is 23.1 Å². The highest BCUT2D eigenvalue weighted by molar-refractivity contribution is 7.91. The molecule has 0 atom stereocenters. The number of aromatic hydroxyl groups is 1. The molecule has 7 nitrogen and oxygen atoms in total. The molecule has 0 saturated carbocycles. The first-order chi connectivity index (χ1) is 9.71. The number of anilines is 2. The minimum absolute atomic E-state index is 0.0842. The summed E-state index contributed by atoms with van der Waals surface area (Å²) >= 11 is 0.846. The van der Waals surface area contributed by atoms with Gasteiger partial charge in [-0.25, -0.2) is 12.7 Å². The number of rotatable bonds is 5. The van der Waals surface area contributed by atoms with Gasteiger partial charge in [0.1, 0.15) is 0 Å². The minimum atomic E-state index is -3.77. The summed E-state index contributed by atoms with van der Waals surface area (Å²) in [4.78, 5) is 22.5. The Labute approximate surface area is 125 Å². The van der Waals surface area contributed by atoms with Crippen LogP contribution in [-0.4, -0.2) is 31.4 Å². The summed E-state index contributed by atoms with van der Waals surface area (Å²) in [5.41, 5.74) is -0.807. The normalized spacial score (nSPS) is 12.2. The van der Waals surface area contributed by atoms with Gasteiger partial charge in [0.25, 0.3) is 10.0 Å². The summed E-state index contributed by atoms with van der Waals surface area (Å²) in [7, 11) is -2.36. The molecule has 114 valence electrons. The van der Waals surface area contributed by atoms with Crippen molar-refractivity contribution >= 4 is 32.7 Å². The first-order valence-corrected chi connectivity index (χ1v) is 8.37. The summed E-state index contributed by atoms with van der Waals surface area (Å²) in [5.74, 6) is -0.451. The summed E-state index contributed by atoms with van der Waals surface area (Å²) in [6, 6.07) is 0. The average Bonchev–Trinajstić information content (AvgIpc) is 2.84. The van der Waals surface area contributed by atoms with Crippen molar-refractivity contribution in [2.45, 2.75) is 18.1 Å². The van der Waals surface area contributed by atoms with Crippen molar-refractivity contribution in [3.8, 4) is 5.75 Å². The third kappa shape index (κ3) is 2.37. The van der Waals surface area contributed by atoms with Gasteiger partial charge in [-0.15, -0.1) is 11.3 Å². The van der Waals surface area contributed by atoms with Gasteiger partial charge >= 0.3 is 0 Å². The van der Waals surface area contributed by atoms with Gasteiger partial charge in [0.05, 0.1) is 11.4 Å². The highest BCUT2D eigenvalue weighted by atomic mass is 32.2. The van der Waals surface area contributed by atoms with E-state index in [0.717, 1.165) is 15.6 Å². The maximum atomic E-state index is 12.2. The zero-order chi connectivity index (χ0) is 15.9. The monoisotopic (exact) mass is 330 g/mol. The molecule has 0 bridgehead atoms. The van der Waals surface area contributed by atoms with E-state index in [4.69, 9.17) is 0 Å². The van der Waals surface area contributed by atoms with Gasteiger partial charge in [-0.05, 0) is 6.92 Å². The summed E-state index contributed by atoms with van der Waals surface area (Å²) < 4.78 is 25.2. The topological polar surface area (TPSA) is 104 Å². The lowest BCUT2D eigenvalue weighted by atomic mass is 10.1. The summed E-state index contributed by atoms with van der Waals surface area (Å²) in [6.45, 7) is 3.42. The van der Waals surface area contributed by atoms with Crippen molar-refractivity contribution in [3.63, 3.8) is 0 Å². The molecule has 2 N–H and O–H groups in total. The molecule has 0 radical (unpaired) electrons. The predicted molar refractivity (Wildman–Crippen MR) is 80.8 cm³/mol. The van der Waals surface area contributed by atoms with Crippen LogP contribution in [0.25, 0.3) is 0 Å². The molecule has 0 fully saturated rings. The van der Waals surface area contributed by atoms with E-state index in [1.54, 1.807) is 6.92 Å². The lowest BCUT2D eigenvalue weighted by molar-refractivity contribution is 0.454. The zero-order valence-electron chi connectivity index (χ0n) is 11.6. The summed E-state index contributed by atoms with van der Waals surface area (Å²) in [6.07, 6.45) is 0. The second-order valence-electron chi connectivity index (χ2n) is 4.49. The predicted octanol–water partition coefficient (Wildman–Crippen LogP) is 0.742. The molecular weight excluding hydrogens is 316 g/mol. The molecule has 21 heavy (non-hydrogen) atoms. The molecule has 0 spiro atoms. The molecule has 1 heterocycles. The van der Waals surface area contributed by atoms with Gasteiger partial charge in [0.2, 0.25) is 10.9 Å². The second-order valence-corrected chi connectivity index (χ2v) is 7.61. The number of sulfonamides is 1. The molecule has 0 amide bonds. The number of hydrogen-bond acceptors (Lipinski definition) is 7. The second kappa shape index (κ2) is 5.24. The largest absolute Gasteiger partial charge is 0.504 e. The standard InChI is InChI=1S/C12H14N2O5S2/c1-4-14(3)21(18,19)12-10(16)7(5-20-12)13-8-6(2)9(15)11(8)17/h5,13,16H,4H2,1-3H3. The molecular formula is C12H14N2O5S2. The van der Waals surface area contributed by atoms with E-state index >= 15 is 0 Å². The molecule has 0 saturated heterocycles. The van der Waals surface area contributed by atoms with Crippen molar-refractivity contribution in [2.75, 3.05) is 18.9 Å². The van der Waals surface area contributed by atoms with Crippen molar-refractivity contribution in [3.05, 3.63) is 31.4 Å². The number of thiophene rings is 1. The SMILES string of the molecule is CCN(C)S(=O)(=O)c1scc(Nc2c(C)c(=O)c2=O)c1O. The van der Waals surface area contributed by atoms with Crippen LogP contribution in [-0.2, 0) is 10.0 Å². The Balaban J connectivity index is 2.39. The molecule has 0 unspecified atom stereocenters. The molecule has 9 heteroatoms. The van der Waals surface area contributed by atoms with E-state index in [1.807, 2.05) is 0 Å². The van der Waals surface area contributed by atoms with Crippen molar-refractivity contribution < 1.29 is 13.5 Å². The van der Waals surface area contributed by atoms with Gasteiger partial charge < -0.3 is 10.4 Å². The number of nitrogens with zero attached hydrogens (tertiary/aromatic N) is 1. The Kier molecular flexibility index (Phi) is 3.91. The fraction of sp³-hybridized carbons (Fsp3) is 0.333. The Bertz CT molecular complexity index is 859. The van der Waals surface area contributed by atoms with Crippen molar-refractivity contribution in [2.24, 2.45) is 0 Å². The van der Waals surface area contributed by atoms with E-state index in [1.165, 1.54) is 19.4 Å². The third-order valence-corrected chi connectivity index (χ3v) is 6.65.